The molecule has 0 unspecified atom stereocenters. The van der Waals surface area contributed by atoms with E-state index in [4.69, 9.17) is 5.73 Å². The molecule has 0 saturated carbocycles. The van der Waals surface area contributed by atoms with Crippen molar-refractivity contribution in [2.75, 3.05) is 17.3 Å². The molecule has 94 valence electrons. The summed E-state index contributed by atoms with van der Waals surface area (Å²) in [6.45, 7) is 1.71. The molecule has 18 heavy (non-hydrogen) atoms. The number of benzene rings is 1. The molecule has 0 radical (unpaired) electrons. The summed E-state index contributed by atoms with van der Waals surface area (Å²) in [4.78, 5) is 8.31. The van der Waals surface area contributed by atoms with E-state index in [9.17, 15) is 4.39 Å². The highest BCUT2D eigenvalue weighted by atomic mass is 32.2. The maximum Gasteiger partial charge on any atom is 0.191 e. The lowest BCUT2D eigenvalue weighted by atomic mass is 10.2. The van der Waals surface area contributed by atoms with Crippen LogP contribution in [0.4, 0.5) is 21.7 Å². The number of aromatic nitrogens is 2. The van der Waals surface area contributed by atoms with Gasteiger partial charge in [-0.15, -0.1) is 0 Å². The van der Waals surface area contributed by atoms with Crippen LogP contribution in [-0.2, 0) is 0 Å². The minimum atomic E-state index is -0.257. The van der Waals surface area contributed by atoms with Crippen LogP contribution in [0.3, 0.4) is 0 Å². The molecule has 0 atom stereocenters. The largest absolute Gasteiger partial charge is 0.383 e. The van der Waals surface area contributed by atoms with Crippen molar-refractivity contribution in [2.45, 2.75) is 12.1 Å². The Kier molecular flexibility index (Phi) is 3.66. The van der Waals surface area contributed by atoms with E-state index in [0.717, 1.165) is 0 Å². The van der Waals surface area contributed by atoms with Gasteiger partial charge in [-0.3, -0.25) is 0 Å². The quantitative estimate of drug-likeness (QED) is 0.659. The fourth-order valence-electron chi connectivity index (χ4n) is 1.48. The maximum absolute atomic E-state index is 13.4. The monoisotopic (exact) mass is 264 g/mol. The summed E-state index contributed by atoms with van der Waals surface area (Å²) in [6, 6.07) is 6.46. The Balaban J connectivity index is 2.34. The summed E-state index contributed by atoms with van der Waals surface area (Å²) in [5.74, 6) is 0.679. The molecule has 1 heterocycles. The standard InChI is InChI=1S/C12H13FN4S/c1-7-8(13)4-3-5-9(7)15-11-6-10(14)16-12(17-11)18-2/h3-6H,1-2H3,(H3,14,15,16,17). The van der Waals surface area contributed by atoms with Crippen LogP contribution < -0.4 is 11.1 Å². The summed E-state index contributed by atoms with van der Waals surface area (Å²) in [5, 5.41) is 3.62. The third-order valence-electron chi connectivity index (χ3n) is 2.44. The minimum Gasteiger partial charge on any atom is -0.383 e. The molecule has 0 spiro atoms. The van der Waals surface area contributed by atoms with Crippen LogP contribution >= 0.6 is 11.8 Å². The number of thioether (sulfide) groups is 1. The Hall–Kier alpha value is -1.82. The molecule has 0 fully saturated rings. The van der Waals surface area contributed by atoms with Gasteiger partial charge in [0.2, 0.25) is 0 Å². The van der Waals surface area contributed by atoms with Gasteiger partial charge < -0.3 is 11.1 Å². The zero-order chi connectivity index (χ0) is 13.1. The summed E-state index contributed by atoms with van der Waals surface area (Å²) in [5.41, 5.74) is 6.89. The van der Waals surface area contributed by atoms with Crippen LogP contribution in [-0.4, -0.2) is 16.2 Å². The first-order valence-corrected chi connectivity index (χ1v) is 6.53. The molecular weight excluding hydrogens is 251 g/mol. The number of hydrogen-bond donors (Lipinski definition) is 2. The molecule has 1 aromatic heterocycles. The van der Waals surface area contributed by atoms with E-state index in [-0.39, 0.29) is 5.82 Å². The van der Waals surface area contributed by atoms with Crippen molar-refractivity contribution in [1.82, 2.24) is 9.97 Å². The highest BCUT2D eigenvalue weighted by Gasteiger charge is 2.06. The van der Waals surface area contributed by atoms with Crippen LogP contribution in [0.25, 0.3) is 0 Å². The maximum atomic E-state index is 13.4. The molecule has 0 aliphatic rings. The first kappa shape index (κ1) is 12.6. The van der Waals surface area contributed by atoms with Crippen LogP contribution in [0.15, 0.2) is 29.4 Å². The van der Waals surface area contributed by atoms with Crippen LogP contribution in [0.1, 0.15) is 5.56 Å². The van der Waals surface area contributed by atoms with E-state index >= 15 is 0 Å². The van der Waals surface area contributed by atoms with Crippen molar-refractivity contribution in [2.24, 2.45) is 0 Å². The van der Waals surface area contributed by atoms with Crippen LogP contribution in [0.5, 0.6) is 0 Å². The lowest BCUT2D eigenvalue weighted by Gasteiger charge is -2.10. The van der Waals surface area contributed by atoms with Gasteiger partial charge in [-0.05, 0) is 25.3 Å². The number of nitrogen functional groups attached to an aromatic ring is 1. The van der Waals surface area contributed by atoms with E-state index in [1.54, 1.807) is 25.1 Å². The Morgan fingerprint density at radius 3 is 2.83 bits per heavy atom. The van der Waals surface area contributed by atoms with Gasteiger partial charge in [0.05, 0.1) is 0 Å². The van der Waals surface area contributed by atoms with Gasteiger partial charge in [-0.25, -0.2) is 14.4 Å². The molecule has 0 amide bonds. The Morgan fingerprint density at radius 1 is 1.33 bits per heavy atom. The topological polar surface area (TPSA) is 63.8 Å². The molecule has 0 saturated heterocycles. The number of nitrogens with one attached hydrogen (secondary N) is 1. The number of hydrogen-bond acceptors (Lipinski definition) is 5. The molecule has 2 rings (SSSR count). The number of halogens is 1. The van der Waals surface area contributed by atoms with Gasteiger partial charge in [0, 0.05) is 17.3 Å². The van der Waals surface area contributed by atoms with Crippen molar-refractivity contribution < 1.29 is 4.39 Å². The fraction of sp³-hybridized carbons (Fsp3) is 0.167. The smallest absolute Gasteiger partial charge is 0.191 e. The third kappa shape index (κ3) is 2.70. The molecule has 0 aliphatic carbocycles. The average molecular weight is 264 g/mol. The molecule has 0 aliphatic heterocycles. The Bertz CT molecular complexity index is 574. The molecule has 1 aromatic carbocycles. The van der Waals surface area contributed by atoms with Gasteiger partial charge >= 0.3 is 0 Å². The SMILES string of the molecule is CSc1nc(N)cc(Nc2cccc(F)c2C)n1. The second kappa shape index (κ2) is 5.22. The summed E-state index contributed by atoms with van der Waals surface area (Å²) >= 11 is 1.40. The predicted molar refractivity (Wildman–Crippen MR) is 72.6 cm³/mol. The number of nitrogens with zero attached hydrogens (tertiary/aromatic N) is 2. The van der Waals surface area contributed by atoms with E-state index in [1.165, 1.54) is 17.8 Å². The molecule has 4 nitrogen and oxygen atoms in total. The summed E-state index contributed by atoms with van der Waals surface area (Å²) < 4.78 is 13.4. The first-order chi connectivity index (χ1) is 8.60. The predicted octanol–water partition coefficient (Wildman–Crippen LogP) is 2.97. The average Bonchev–Trinajstić information content (AvgIpc) is 2.34. The van der Waals surface area contributed by atoms with E-state index in [2.05, 4.69) is 15.3 Å². The number of rotatable bonds is 3. The second-order valence-electron chi connectivity index (χ2n) is 3.70. The van der Waals surface area contributed by atoms with Gasteiger partial charge in [0.15, 0.2) is 5.16 Å². The van der Waals surface area contributed by atoms with Gasteiger partial charge in [0.1, 0.15) is 17.5 Å². The zero-order valence-electron chi connectivity index (χ0n) is 10.1. The van der Waals surface area contributed by atoms with Crippen molar-refractivity contribution in [1.29, 1.82) is 0 Å². The molecule has 2 aromatic rings. The third-order valence-corrected chi connectivity index (χ3v) is 2.99. The van der Waals surface area contributed by atoms with E-state index < -0.39 is 0 Å². The van der Waals surface area contributed by atoms with Gasteiger partial charge in [0.25, 0.3) is 0 Å². The van der Waals surface area contributed by atoms with E-state index in [0.29, 0.717) is 28.0 Å². The summed E-state index contributed by atoms with van der Waals surface area (Å²) in [6.07, 6.45) is 1.87. The first-order valence-electron chi connectivity index (χ1n) is 5.31. The lowest BCUT2D eigenvalue weighted by molar-refractivity contribution is 0.619. The Morgan fingerprint density at radius 2 is 2.11 bits per heavy atom. The van der Waals surface area contributed by atoms with Gasteiger partial charge in [-0.1, -0.05) is 17.8 Å². The van der Waals surface area contributed by atoms with Crippen molar-refractivity contribution in [3.05, 3.63) is 35.6 Å². The molecular formula is C12H13FN4S. The van der Waals surface area contributed by atoms with Crippen LogP contribution in [0, 0.1) is 12.7 Å². The molecule has 0 bridgehead atoms. The second-order valence-corrected chi connectivity index (χ2v) is 4.48. The highest BCUT2D eigenvalue weighted by molar-refractivity contribution is 7.98. The highest BCUT2D eigenvalue weighted by Crippen LogP contribution is 2.23. The summed E-state index contributed by atoms with van der Waals surface area (Å²) in [7, 11) is 0. The van der Waals surface area contributed by atoms with Gasteiger partial charge in [-0.2, -0.15) is 0 Å². The Labute approximate surface area is 109 Å². The minimum absolute atomic E-state index is 0.257. The number of anilines is 3. The van der Waals surface area contributed by atoms with E-state index in [1.807, 2.05) is 6.26 Å². The normalized spacial score (nSPS) is 10.4. The zero-order valence-corrected chi connectivity index (χ0v) is 10.9. The molecule has 3 N–H and O–H groups in total. The molecule has 6 heteroatoms. The fourth-order valence-corrected chi connectivity index (χ4v) is 1.87. The van der Waals surface area contributed by atoms with Crippen molar-refractivity contribution in [3.63, 3.8) is 0 Å². The van der Waals surface area contributed by atoms with Crippen molar-refractivity contribution in [3.8, 4) is 0 Å². The van der Waals surface area contributed by atoms with Crippen molar-refractivity contribution >= 4 is 29.1 Å². The lowest BCUT2D eigenvalue weighted by Crippen LogP contribution is -2.01. The number of nitrogens with two attached hydrogens (primary N) is 1. The van der Waals surface area contributed by atoms with Crippen LogP contribution in [0.2, 0.25) is 0 Å².